The Morgan fingerprint density at radius 2 is 1.22 bits per heavy atom. The summed E-state index contributed by atoms with van der Waals surface area (Å²) in [5.41, 5.74) is 5.19. The molecule has 4 rings (SSSR count). The van der Waals surface area contributed by atoms with Crippen LogP contribution in [0.2, 0.25) is 0 Å². The van der Waals surface area contributed by atoms with Gasteiger partial charge in [0.15, 0.2) is 11.4 Å². The van der Waals surface area contributed by atoms with Crippen LogP contribution < -0.4 is 10.6 Å². The molecule has 0 radical (unpaired) electrons. The van der Waals surface area contributed by atoms with Crippen molar-refractivity contribution >= 4 is 60.8 Å². The Labute approximate surface area is 344 Å². The normalized spacial score (nSPS) is 16.0. The molecule has 58 heavy (non-hydrogen) atoms. The van der Waals surface area contributed by atoms with E-state index in [1.807, 2.05) is 27.7 Å². The summed E-state index contributed by atoms with van der Waals surface area (Å²) in [6.45, 7) is 12.3. The quantitative estimate of drug-likeness (QED) is 0.0574. The van der Waals surface area contributed by atoms with Crippen molar-refractivity contribution in [1.29, 1.82) is 0 Å². The van der Waals surface area contributed by atoms with Gasteiger partial charge in [-0.05, 0) is 83.6 Å². The first-order valence-electron chi connectivity index (χ1n) is 20.5. The van der Waals surface area contributed by atoms with Crippen LogP contribution in [0.25, 0.3) is 0 Å². The van der Waals surface area contributed by atoms with Crippen molar-refractivity contribution in [2.24, 2.45) is 0 Å². The third-order valence-electron chi connectivity index (χ3n) is 11.4. The van der Waals surface area contributed by atoms with Crippen LogP contribution in [0.15, 0.2) is 46.2 Å². The second-order valence-corrected chi connectivity index (χ2v) is 18.5. The van der Waals surface area contributed by atoms with Gasteiger partial charge in [-0.2, -0.15) is 9.15 Å². The fourth-order valence-electron chi connectivity index (χ4n) is 7.96. The van der Waals surface area contributed by atoms with Gasteiger partial charge in [-0.25, -0.2) is 16.8 Å². The van der Waals surface area contributed by atoms with Crippen LogP contribution in [0.5, 0.6) is 0 Å². The van der Waals surface area contributed by atoms with Gasteiger partial charge in [0.2, 0.25) is 23.2 Å². The molecule has 0 bridgehead atoms. The molecule has 0 aromatic heterocycles. The van der Waals surface area contributed by atoms with Crippen LogP contribution in [-0.2, 0) is 44.8 Å². The van der Waals surface area contributed by atoms with Gasteiger partial charge in [-0.3, -0.25) is 14.4 Å². The molecule has 320 valence electrons. The molecule has 16 heteroatoms. The molecule has 14 nitrogen and oxygen atoms in total. The predicted octanol–water partition coefficient (Wildman–Crippen LogP) is 5.66. The summed E-state index contributed by atoms with van der Waals surface area (Å²) in [7, 11) is -9.16. The summed E-state index contributed by atoms with van der Waals surface area (Å²) in [5, 5.41) is 5.72. The second kappa shape index (κ2) is 20.8. The van der Waals surface area contributed by atoms with E-state index in [-0.39, 0.29) is 33.5 Å². The Hall–Kier alpha value is -3.99. The Morgan fingerprint density at radius 3 is 1.79 bits per heavy atom. The number of nitrogens with zero attached hydrogens (tertiary/aromatic N) is 2. The van der Waals surface area contributed by atoms with Crippen molar-refractivity contribution in [3.63, 3.8) is 0 Å². The molecule has 1 unspecified atom stereocenters. The van der Waals surface area contributed by atoms with Crippen molar-refractivity contribution in [3.8, 4) is 0 Å². The van der Waals surface area contributed by atoms with Gasteiger partial charge < -0.3 is 24.5 Å². The van der Waals surface area contributed by atoms with Gasteiger partial charge >= 0.3 is 5.97 Å². The lowest BCUT2D eigenvalue weighted by atomic mass is 9.82. The highest BCUT2D eigenvalue weighted by molar-refractivity contribution is 7.86. The number of nitrogens with one attached hydrogen (secondary N) is 2. The van der Waals surface area contributed by atoms with Crippen LogP contribution >= 0.6 is 0 Å². The third-order valence-corrected chi connectivity index (χ3v) is 13.1. The summed E-state index contributed by atoms with van der Waals surface area (Å²) in [5.74, 6) is -0.415. The van der Waals surface area contributed by atoms with Gasteiger partial charge in [-0.1, -0.05) is 12.8 Å². The van der Waals surface area contributed by atoms with Gasteiger partial charge in [0, 0.05) is 82.3 Å². The van der Waals surface area contributed by atoms with Crippen molar-refractivity contribution in [3.05, 3.63) is 47.5 Å². The maximum Gasteiger partial charge on any atom is 0.305 e. The highest BCUT2D eigenvalue weighted by Gasteiger charge is 2.43. The molecule has 0 spiro atoms. The van der Waals surface area contributed by atoms with Gasteiger partial charge in [0.25, 0.3) is 0 Å². The standard InChI is InChI=1S/C42H60N4O10S2/c1-6-56-41(49)19-13-9-14-26-45-30(2)34(35-28-32(57(50,51)52)20-22-37(35)45)16-10-7-11-17-39(47)43-24-25-44-40(48)18-12-8-15-27-46-31(3)42(4,5)36-29-33(58(53,54)55)21-23-38(36)46/h20-23,28-29,34H,6-19,24-27H2,1-5H3,(H2-2,43,44,47,48,50,51,52,53,54,55). The SMILES string of the molecule is CCOC(=O)CCCCC[N+]1=C(C)C(CCCCCC(=O)NCCNC(=O)CCCCC[N+]2=C(C)C(C)(C)c3cc(S(=O)(=O)[O-])ccc32)c2cc(S(=O)(=O)[O-])ccc21. The Bertz CT molecular complexity index is 2110. The molecule has 0 saturated carbocycles. The minimum Gasteiger partial charge on any atom is -0.744 e. The highest BCUT2D eigenvalue weighted by Crippen LogP contribution is 2.41. The summed E-state index contributed by atoms with van der Waals surface area (Å²) in [4.78, 5) is 36.1. The molecular weight excluding hydrogens is 785 g/mol. The monoisotopic (exact) mass is 844 g/mol. The lowest BCUT2D eigenvalue weighted by Crippen LogP contribution is -2.34. The van der Waals surface area contributed by atoms with Gasteiger partial charge in [0.05, 0.1) is 27.7 Å². The highest BCUT2D eigenvalue weighted by atomic mass is 32.2. The van der Waals surface area contributed by atoms with E-state index in [9.17, 15) is 40.3 Å². The summed E-state index contributed by atoms with van der Waals surface area (Å²) >= 11 is 0. The van der Waals surface area contributed by atoms with E-state index in [0.717, 1.165) is 85.3 Å². The van der Waals surface area contributed by atoms with Crippen LogP contribution in [0, 0.1) is 0 Å². The molecule has 0 aliphatic carbocycles. The molecule has 2 N–H and O–H groups in total. The molecule has 2 aromatic carbocycles. The maximum absolute atomic E-state index is 12.5. The predicted molar refractivity (Wildman–Crippen MR) is 218 cm³/mol. The third kappa shape index (κ3) is 12.5. The molecular formula is C42H60N4O10S2. The molecule has 2 aliphatic heterocycles. The molecule has 2 aromatic rings. The lowest BCUT2D eigenvalue weighted by Gasteiger charge is -2.16. The van der Waals surface area contributed by atoms with Crippen LogP contribution in [-0.4, -0.2) is 97.1 Å². The fraction of sp³-hybridized carbons (Fsp3) is 0.595. The number of rotatable bonds is 24. The molecule has 0 fully saturated rings. The average molecular weight is 845 g/mol. The van der Waals surface area contributed by atoms with Gasteiger partial charge in [-0.15, -0.1) is 0 Å². The van der Waals surface area contributed by atoms with Crippen LogP contribution in [0.1, 0.15) is 135 Å². The summed E-state index contributed by atoms with van der Waals surface area (Å²) in [6, 6.07) is 9.11. The zero-order chi connectivity index (χ0) is 42.7. The lowest BCUT2D eigenvalue weighted by molar-refractivity contribution is -0.439. The Morgan fingerprint density at radius 1 is 0.707 bits per heavy atom. The molecule has 2 aliphatic rings. The van der Waals surface area contributed by atoms with Crippen molar-refractivity contribution in [2.45, 2.75) is 139 Å². The number of hydrogen-bond donors (Lipinski definition) is 2. The largest absolute Gasteiger partial charge is 0.744 e. The maximum atomic E-state index is 12.5. The number of benzene rings is 2. The zero-order valence-corrected chi connectivity index (χ0v) is 36.2. The van der Waals surface area contributed by atoms with E-state index in [1.54, 1.807) is 19.1 Å². The van der Waals surface area contributed by atoms with E-state index in [2.05, 4.69) is 19.8 Å². The number of unbranched alkanes of at least 4 members (excludes halogenated alkanes) is 6. The minimum absolute atomic E-state index is 0.0453. The number of carbonyl (C=O) groups is 3. The Kier molecular flexibility index (Phi) is 16.8. The zero-order valence-electron chi connectivity index (χ0n) is 34.6. The van der Waals surface area contributed by atoms with E-state index < -0.39 is 25.7 Å². The van der Waals surface area contributed by atoms with E-state index in [0.29, 0.717) is 64.9 Å². The number of esters is 1. The minimum atomic E-state index is -4.61. The second-order valence-electron chi connectivity index (χ2n) is 15.7. The van der Waals surface area contributed by atoms with Crippen LogP contribution in [0.4, 0.5) is 11.4 Å². The van der Waals surface area contributed by atoms with E-state index >= 15 is 0 Å². The number of fused-ring (bicyclic) bond motifs is 2. The number of hydrogen-bond acceptors (Lipinski definition) is 10. The molecule has 1 atom stereocenters. The van der Waals surface area contributed by atoms with Crippen molar-refractivity contribution in [2.75, 3.05) is 32.8 Å². The Balaban J connectivity index is 1.11. The number of carbonyl (C=O) groups excluding carboxylic acids is 3. The van der Waals surface area contributed by atoms with Crippen LogP contribution in [0.3, 0.4) is 0 Å². The molecule has 2 heterocycles. The first kappa shape index (κ1) is 46.7. The smallest absolute Gasteiger partial charge is 0.305 e. The van der Waals surface area contributed by atoms with E-state index in [4.69, 9.17) is 4.74 Å². The van der Waals surface area contributed by atoms with Gasteiger partial charge in [0.1, 0.15) is 33.3 Å². The van der Waals surface area contributed by atoms with E-state index in [1.165, 1.54) is 24.3 Å². The first-order valence-corrected chi connectivity index (χ1v) is 23.3. The van der Waals surface area contributed by atoms with Crippen molar-refractivity contribution < 1.29 is 54.2 Å². The molecule has 0 saturated heterocycles. The topological polar surface area (TPSA) is 205 Å². The fourth-order valence-corrected chi connectivity index (χ4v) is 8.96. The summed E-state index contributed by atoms with van der Waals surface area (Å²) in [6.07, 6.45) is 8.88. The number of ether oxygens (including phenoxy) is 1. The molecule has 2 amide bonds. The van der Waals surface area contributed by atoms with Crippen molar-refractivity contribution in [1.82, 2.24) is 10.6 Å². The summed E-state index contributed by atoms with van der Waals surface area (Å²) < 4.78 is 79.6. The number of amides is 2. The average Bonchev–Trinajstić information content (AvgIpc) is 3.52. The first-order chi connectivity index (χ1) is 27.4.